The molecule has 0 radical (unpaired) electrons. The third-order valence-electron chi connectivity index (χ3n) is 3.52. The number of para-hydroxylation sites is 2. The monoisotopic (exact) mass is 318 g/mol. The maximum absolute atomic E-state index is 13.2. The minimum Gasteiger partial charge on any atom is -0.467 e. The zero-order chi connectivity index (χ0) is 15.7. The summed E-state index contributed by atoms with van der Waals surface area (Å²) in [5.74, 6) is -1.03. The Balaban J connectivity index is 2.21. The number of anilines is 1. The smallest absolute Gasteiger partial charge is 0.343 e. The molecule has 1 aliphatic heterocycles. The third kappa shape index (κ3) is 2.14. The first kappa shape index (κ1) is 14.5. The first-order chi connectivity index (χ1) is 10.6. The maximum atomic E-state index is 13.2. The first-order valence-corrected chi connectivity index (χ1v) is 6.92. The quantitative estimate of drug-likeness (QED) is 0.861. The number of methoxy groups -OCH3 is 1. The van der Waals surface area contributed by atoms with Crippen molar-refractivity contribution in [3.05, 3.63) is 59.9 Å². The summed E-state index contributed by atoms with van der Waals surface area (Å²) in [5, 5.41) is 3.11. The highest BCUT2D eigenvalue weighted by atomic mass is 35.5. The minimum atomic E-state index is -1.49. The topological polar surface area (TPSA) is 50.7 Å². The predicted molar refractivity (Wildman–Crippen MR) is 83.1 cm³/mol. The normalized spacial score (nSPS) is 19.7. The minimum absolute atomic E-state index is 0.0182. The fourth-order valence-electron chi connectivity index (χ4n) is 2.42. The number of aliphatic imine (C=N–C) groups is 1. The van der Waals surface area contributed by atoms with Crippen LogP contribution in [0.5, 0.6) is 0 Å². The zero-order valence-corrected chi connectivity index (χ0v) is 12.4. The summed E-state index contributed by atoms with van der Waals surface area (Å²) < 4.78 is 18.1. The third-order valence-corrected chi connectivity index (χ3v) is 3.89. The molecule has 1 N–H and O–H groups in total. The van der Waals surface area contributed by atoms with Gasteiger partial charge in [-0.25, -0.2) is 14.2 Å². The van der Waals surface area contributed by atoms with Crippen LogP contribution in [0.2, 0.25) is 0 Å². The van der Waals surface area contributed by atoms with Crippen LogP contribution in [-0.4, -0.2) is 18.2 Å². The second kappa shape index (κ2) is 5.42. The number of fused-ring (bicyclic) bond motifs is 1. The van der Waals surface area contributed by atoms with Crippen molar-refractivity contribution < 1.29 is 13.9 Å². The van der Waals surface area contributed by atoms with E-state index in [1.807, 2.05) is 12.1 Å². The number of esters is 1. The van der Waals surface area contributed by atoms with Crippen LogP contribution in [0.1, 0.15) is 5.56 Å². The number of nitrogens with one attached hydrogen (secondary N) is 1. The predicted octanol–water partition coefficient (Wildman–Crippen LogP) is 3.59. The summed E-state index contributed by atoms with van der Waals surface area (Å²) >= 11 is 6.31. The molecular weight excluding hydrogens is 307 g/mol. The molecule has 0 aromatic heterocycles. The van der Waals surface area contributed by atoms with E-state index in [1.54, 1.807) is 12.1 Å². The van der Waals surface area contributed by atoms with Crippen LogP contribution in [0.3, 0.4) is 0 Å². The Hall–Kier alpha value is -2.40. The van der Waals surface area contributed by atoms with Gasteiger partial charge in [0.2, 0.25) is 5.54 Å². The molecule has 1 unspecified atom stereocenters. The Morgan fingerprint density at radius 3 is 2.59 bits per heavy atom. The number of halogens is 2. The number of ether oxygens (including phenoxy) is 1. The van der Waals surface area contributed by atoms with Gasteiger partial charge in [-0.15, -0.1) is 0 Å². The molecule has 0 amide bonds. The number of nitrogens with zero attached hydrogens (tertiary/aromatic N) is 1. The molecule has 0 aliphatic carbocycles. The van der Waals surface area contributed by atoms with E-state index in [1.165, 1.54) is 31.4 Å². The number of carbonyl (C=O) groups excluding carboxylic acids is 1. The highest BCUT2D eigenvalue weighted by Gasteiger charge is 2.48. The van der Waals surface area contributed by atoms with Crippen LogP contribution < -0.4 is 5.32 Å². The van der Waals surface area contributed by atoms with E-state index in [4.69, 9.17) is 16.3 Å². The molecule has 1 atom stereocenters. The number of hydrogen-bond acceptors (Lipinski definition) is 4. The van der Waals surface area contributed by atoms with Crippen molar-refractivity contribution in [1.29, 1.82) is 0 Å². The molecule has 0 saturated carbocycles. The Morgan fingerprint density at radius 1 is 1.23 bits per heavy atom. The van der Waals surface area contributed by atoms with E-state index in [9.17, 15) is 9.18 Å². The maximum Gasteiger partial charge on any atom is 0.343 e. The molecule has 1 heterocycles. The van der Waals surface area contributed by atoms with E-state index >= 15 is 0 Å². The van der Waals surface area contributed by atoms with Gasteiger partial charge >= 0.3 is 5.97 Å². The van der Waals surface area contributed by atoms with Gasteiger partial charge in [-0.1, -0.05) is 35.9 Å². The Kier molecular flexibility index (Phi) is 3.58. The summed E-state index contributed by atoms with van der Waals surface area (Å²) in [6, 6.07) is 12.7. The Bertz CT molecular complexity index is 761. The molecule has 0 fully saturated rings. The van der Waals surface area contributed by atoms with Crippen molar-refractivity contribution in [1.82, 2.24) is 0 Å². The summed E-state index contributed by atoms with van der Waals surface area (Å²) in [5.41, 5.74) is 0.220. The van der Waals surface area contributed by atoms with Gasteiger partial charge in [0.25, 0.3) is 0 Å². The van der Waals surface area contributed by atoms with Gasteiger partial charge in [0.05, 0.1) is 18.5 Å². The largest absolute Gasteiger partial charge is 0.467 e. The summed E-state index contributed by atoms with van der Waals surface area (Å²) in [7, 11) is 1.26. The molecular formula is C16H12ClFN2O2. The fourth-order valence-corrected chi connectivity index (χ4v) is 2.74. The number of hydrogen-bond donors (Lipinski definition) is 1. The van der Waals surface area contributed by atoms with Crippen molar-refractivity contribution in [2.24, 2.45) is 4.99 Å². The van der Waals surface area contributed by atoms with E-state index in [0.29, 0.717) is 16.9 Å². The molecule has 2 aromatic rings. The van der Waals surface area contributed by atoms with Gasteiger partial charge in [0.1, 0.15) is 11.0 Å². The summed E-state index contributed by atoms with van der Waals surface area (Å²) in [4.78, 5) is 16.7. The van der Waals surface area contributed by atoms with Gasteiger partial charge < -0.3 is 10.1 Å². The van der Waals surface area contributed by atoms with Crippen LogP contribution in [0.4, 0.5) is 15.8 Å². The zero-order valence-electron chi connectivity index (χ0n) is 11.6. The van der Waals surface area contributed by atoms with Crippen molar-refractivity contribution in [2.45, 2.75) is 5.54 Å². The molecule has 0 saturated heterocycles. The number of benzene rings is 2. The highest BCUT2D eigenvalue weighted by molar-refractivity contribution is 6.70. The molecule has 6 heteroatoms. The lowest BCUT2D eigenvalue weighted by Gasteiger charge is -2.35. The van der Waals surface area contributed by atoms with Crippen LogP contribution in [0.15, 0.2) is 53.5 Å². The van der Waals surface area contributed by atoms with E-state index < -0.39 is 17.3 Å². The number of rotatable bonds is 2. The van der Waals surface area contributed by atoms with Crippen molar-refractivity contribution in [2.75, 3.05) is 12.4 Å². The second-order valence-corrected chi connectivity index (χ2v) is 5.15. The van der Waals surface area contributed by atoms with Gasteiger partial charge in [-0.3, -0.25) is 0 Å². The molecule has 2 aromatic carbocycles. The highest BCUT2D eigenvalue weighted by Crippen LogP contribution is 2.40. The van der Waals surface area contributed by atoms with E-state index in [-0.39, 0.29) is 5.17 Å². The second-order valence-electron chi connectivity index (χ2n) is 4.79. The average Bonchev–Trinajstić information content (AvgIpc) is 2.54. The number of carbonyl (C=O) groups is 1. The Labute approximate surface area is 131 Å². The lowest BCUT2D eigenvalue weighted by atomic mass is 9.89. The van der Waals surface area contributed by atoms with Crippen LogP contribution in [0, 0.1) is 5.82 Å². The molecule has 4 nitrogen and oxygen atoms in total. The Morgan fingerprint density at radius 2 is 1.91 bits per heavy atom. The molecule has 112 valence electrons. The molecule has 0 bridgehead atoms. The molecule has 1 aliphatic rings. The van der Waals surface area contributed by atoms with E-state index in [2.05, 4.69) is 10.3 Å². The van der Waals surface area contributed by atoms with Gasteiger partial charge in [-0.05, 0) is 29.8 Å². The molecule has 22 heavy (non-hydrogen) atoms. The van der Waals surface area contributed by atoms with Gasteiger partial charge in [0.15, 0.2) is 0 Å². The summed E-state index contributed by atoms with van der Waals surface area (Å²) in [6.45, 7) is 0. The summed E-state index contributed by atoms with van der Waals surface area (Å²) in [6.07, 6.45) is 0. The standard InChI is InChI=1S/C16H12ClFN2O2/c1-22-15(21)16(10-6-8-11(18)9-7-10)14(17)19-12-4-2-3-5-13(12)20-16/h2-9,20H,1H3. The van der Waals surface area contributed by atoms with Crippen LogP contribution in [0.25, 0.3) is 0 Å². The lowest BCUT2D eigenvalue weighted by Crippen LogP contribution is -2.50. The van der Waals surface area contributed by atoms with Crippen molar-refractivity contribution in [3.8, 4) is 0 Å². The van der Waals surface area contributed by atoms with Crippen molar-refractivity contribution >= 4 is 34.1 Å². The lowest BCUT2D eigenvalue weighted by molar-refractivity contribution is -0.143. The van der Waals surface area contributed by atoms with Gasteiger partial charge in [0, 0.05) is 0 Å². The molecule has 3 rings (SSSR count). The van der Waals surface area contributed by atoms with Crippen LogP contribution >= 0.6 is 11.6 Å². The first-order valence-electron chi connectivity index (χ1n) is 6.54. The molecule has 0 spiro atoms. The fraction of sp³-hybridized carbons (Fsp3) is 0.125. The van der Waals surface area contributed by atoms with E-state index in [0.717, 1.165) is 0 Å². The van der Waals surface area contributed by atoms with Gasteiger partial charge in [-0.2, -0.15) is 0 Å². The SMILES string of the molecule is COC(=O)C1(c2ccc(F)cc2)Nc2ccccc2N=C1Cl. The van der Waals surface area contributed by atoms with Crippen molar-refractivity contribution in [3.63, 3.8) is 0 Å². The van der Waals surface area contributed by atoms with Crippen LogP contribution in [-0.2, 0) is 15.1 Å². The average molecular weight is 319 g/mol.